The summed E-state index contributed by atoms with van der Waals surface area (Å²) in [6.07, 6.45) is 0. The summed E-state index contributed by atoms with van der Waals surface area (Å²) in [5.41, 5.74) is -0.315. The smallest absolute Gasteiger partial charge is 0.339 e. The molecule has 0 aromatic heterocycles. The molecule has 29 heavy (non-hydrogen) atoms. The van der Waals surface area contributed by atoms with Crippen molar-refractivity contribution in [2.24, 2.45) is 0 Å². The molecule has 0 atom stereocenters. The first-order valence-electron chi connectivity index (χ1n) is 8.19. The minimum atomic E-state index is -4.35. The Hall–Kier alpha value is -2.98. The topological polar surface area (TPSA) is 117 Å². The highest BCUT2D eigenvalue weighted by molar-refractivity contribution is 7.92. The van der Waals surface area contributed by atoms with Gasteiger partial charge in [-0.25, -0.2) is 18.0 Å². The van der Waals surface area contributed by atoms with Crippen molar-refractivity contribution < 1.29 is 37.0 Å². The molecule has 154 valence electrons. The first-order chi connectivity index (χ1) is 13.8. The number of carbonyl (C=O) groups is 2. The maximum absolute atomic E-state index is 13.0. The molecule has 0 bridgehead atoms. The van der Waals surface area contributed by atoms with E-state index >= 15 is 0 Å². The lowest BCUT2D eigenvalue weighted by Gasteiger charge is -2.20. The molecule has 0 aliphatic carbocycles. The molecule has 1 heterocycles. The van der Waals surface area contributed by atoms with Gasteiger partial charge in [0.05, 0.1) is 36.1 Å². The van der Waals surface area contributed by atoms with Gasteiger partial charge in [-0.3, -0.25) is 4.72 Å². The standard InChI is InChI=1S/C18H16ClNO8S/c1-25-17(21)10-3-4-11(18(22)26-2)16(7-10)29(23,24)20-13-9-15-14(8-12(13)19)27-5-6-28-15/h3-4,7-9,20H,5-6H2,1-2H3. The molecule has 9 nitrogen and oxygen atoms in total. The first kappa shape index (κ1) is 20.7. The number of sulfonamides is 1. The van der Waals surface area contributed by atoms with E-state index in [9.17, 15) is 18.0 Å². The van der Waals surface area contributed by atoms with E-state index in [0.29, 0.717) is 24.7 Å². The Balaban J connectivity index is 2.07. The fourth-order valence-electron chi connectivity index (χ4n) is 2.61. The van der Waals surface area contributed by atoms with Gasteiger partial charge in [0.15, 0.2) is 11.5 Å². The number of esters is 2. The van der Waals surface area contributed by atoms with Gasteiger partial charge in [-0.15, -0.1) is 0 Å². The summed E-state index contributed by atoms with van der Waals surface area (Å²) in [5, 5.41) is 0.0570. The molecule has 0 saturated carbocycles. The van der Waals surface area contributed by atoms with Crippen molar-refractivity contribution in [2.45, 2.75) is 4.90 Å². The summed E-state index contributed by atoms with van der Waals surface area (Å²) in [5.74, 6) is -0.965. The van der Waals surface area contributed by atoms with Gasteiger partial charge in [-0.05, 0) is 18.2 Å². The Kier molecular flexibility index (Phi) is 5.85. The minimum Gasteiger partial charge on any atom is -0.486 e. The van der Waals surface area contributed by atoms with Gasteiger partial charge in [0, 0.05) is 12.1 Å². The van der Waals surface area contributed by atoms with Gasteiger partial charge in [-0.1, -0.05) is 11.6 Å². The zero-order valence-corrected chi connectivity index (χ0v) is 16.9. The maximum Gasteiger partial charge on any atom is 0.339 e. The van der Waals surface area contributed by atoms with Crippen LogP contribution in [0.2, 0.25) is 5.02 Å². The number of ether oxygens (including phenoxy) is 4. The molecule has 3 rings (SSSR count). The van der Waals surface area contributed by atoms with Gasteiger partial charge >= 0.3 is 11.9 Å². The number of benzene rings is 2. The average molecular weight is 442 g/mol. The van der Waals surface area contributed by atoms with Gasteiger partial charge in [0.25, 0.3) is 10.0 Å². The Morgan fingerprint density at radius 1 is 1.00 bits per heavy atom. The van der Waals surface area contributed by atoms with Crippen LogP contribution < -0.4 is 14.2 Å². The molecule has 2 aromatic rings. The molecule has 0 fully saturated rings. The highest BCUT2D eigenvalue weighted by Gasteiger charge is 2.27. The Bertz CT molecular complexity index is 1080. The van der Waals surface area contributed by atoms with E-state index < -0.39 is 26.9 Å². The third-order valence-electron chi connectivity index (χ3n) is 3.97. The molecule has 0 radical (unpaired) electrons. The summed E-state index contributed by atoms with van der Waals surface area (Å²) >= 11 is 6.16. The highest BCUT2D eigenvalue weighted by atomic mass is 35.5. The van der Waals surface area contributed by atoms with Crippen molar-refractivity contribution in [1.29, 1.82) is 0 Å². The quantitative estimate of drug-likeness (QED) is 0.703. The van der Waals surface area contributed by atoms with Gasteiger partial charge in [0.2, 0.25) is 0 Å². The molecule has 0 unspecified atom stereocenters. The lowest BCUT2D eigenvalue weighted by atomic mass is 10.1. The third-order valence-corrected chi connectivity index (χ3v) is 5.69. The van der Waals surface area contributed by atoms with Gasteiger partial charge in [-0.2, -0.15) is 0 Å². The Labute approximate surface area is 171 Å². The molecule has 1 aliphatic heterocycles. The highest BCUT2D eigenvalue weighted by Crippen LogP contribution is 2.39. The van der Waals surface area contributed by atoms with E-state index in [2.05, 4.69) is 14.2 Å². The monoisotopic (exact) mass is 441 g/mol. The fourth-order valence-corrected chi connectivity index (χ4v) is 4.16. The summed E-state index contributed by atoms with van der Waals surface area (Å²) in [6.45, 7) is 0.645. The minimum absolute atomic E-state index is 0.00945. The summed E-state index contributed by atoms with van der Waals surface area (Å²) in [7, 11) is -2.09. The number of nitrogens with one attached hydrogen (secondary N) is 1. The molecule has 11 heteroatoms. The summed E-state index contributed by atoms with van der Waals surface area (Å²) in [6, 6.07) is 6.23. The lowest BCUT2D eigenvalue weighted by molar-refractivity contribution is 0.0583. The second kappa shape index (κ2) is 8.18. The SMILES string of the molecule is COC(=O)c1ccc(C(=O)OC)c(S(=O)(=O)Nc2cc3c(cc2Cl)OCCO3)c1. The number of fused-ring (bicyclic) bond motifs is 1. The van der Waals surface area contributed by atoms with Crippen molar-refractivity contribution in [3.63, 3.8) is 0 Å². The summed E-state index contributed by atoms with van der Waals surface area (Å²) in [4.78, 5) is 23.4. The largest absolute Gasteiger partial charge is 0.486 e. The predicted octanol–water partition coefficient (Wildman–Crippen LogP) is 2.49. The number of methoxy groups -OCH3 is 2. The van der Waals surface area contributed by atoms with E-state index in [1.165, 1.54) is 18.2 Å². The number of carbonyl (C=O) groups excluding carboxylic acids is 2. The van der Waals surface area contributed by atoms with Crippen LogP contribution in [0.25, 0.3) is 0 Å². The van der Waals surface area contributed by atoms with Crippen LogP contribution in [-0.4, -0.2) is 47.8 Å². The summed E-state index contributed by atoms with van der Waals surface area (Å²) < 4.78 is 48.4. The molecular formula is C18H16ClNO8S. The van der Waals surface area contributed by atoms with E-state index in [1.54, 1.807) is 0 Å². The van der Waals surface area contributed by atoms with Crippen LogP contribution in [0.4, 0.5) is 5.69 Å². The molecule has 1 aliphatic rings. The lowest BCUT2D eigenvalue weighted by Crippen LogP contribution is -2.20. The molecule has 2 aromatic carbocycles. The van der Waals surface area contributed by atoms with E-state index in [1.807, 2.05) is 0 Å². The van der Waals surface area contributed by atoms with Crippen molar-refractivity contribution in [3.8, 4) is 11.5 Å². The predicted molar refractivity (Wildman–Crippen MR) is 102 cm³/mol. The zero-order valence-electron chi connectivity index (χ0n) is 15.4. The van der Waals surface area contributed by atoms with Crippen LogP contribution in [0.15, 0.2) is 35.2 Å². The first-order valence-corrected chi connectivity index (χ1v) is 10.1. The Morgan fingerprint density at radius 3 is 2.24 bits per heavy atom. The number of hydrogen-bond donors (Lipinski definition) is 1. The van der Waals surface area contributed by atoms with E-state index in [0.717, 1.165) is 26.4 Å². The van der Waals surface area contributed by atoms with Crippen molar-refractivity contribution >= 4 is 39.3 Å². The van der Waals surface area contributed by atoms with Gasteiger partial charge < -0.3 is 18.9 Å². The van der Waals surface area contributed by atoms with E-state index in [-0.39, 0.29) is 21.8 Å². The van der Waals surface area contributed by atoms with Gasteiger partial charge in [0.1, 0.15) is 18.1 Å². The second-order valence-electron chi connectivity index (χ2n) is 5.78. The molecule has 0 amide bonds. The average Bonchev–Trinajstić information content (AvgIpc) is 2.72. The third kappa shape index (κ3) is 4.22. The Morgan fingerprint density at radius 2 is 1.62 bits per heavy atom. The molecular weight excluding hydrogens is 426 g/mol. The van der Waals surface area contributed by atoms with Crippen LogP contribution in [0.5, 0.6) is 11.5 Å². The number of anilines is 1. The maximum atomic E-state index is 13.0. The van der Waals surface area contributed by atoms with Crippen molar-refractivity contribution in [2.75, 3.05) is 32.2 Å². The second-order valence-corrected chi connectivity index (χ2v) is 7.83. The fraction of sp³-hybridized carbons (Fsp3) is 0.222. The normalized spacial score (nSPS) is 12.8. The van der Waals surface area contributed by atoms with Crippen LogP contribution in [0.3, 0.4) is 0 Å². The molecule has 0 saturated heterocycles. The zero-order chi connectivity index (χ0) is 21.2. The van der Waals surface area contributed by atoms with Crippen molar-refractivity contribution in [3.05, 3.63) is 46.5 Å². The molecule has 0 spiro atoms. The van der Waals surface area contributed by atoms with E-state index in [4.69, 9.17) is 21.1 Å². The van der Waals surface area contributed by atoms with Crippen LogP contribution in [0.1, 0.15) is 20.7 Å². The van der Waals surface area contributed by atoms with Crippen LogP contribution in [0, 0.1) is 0 Å². The molecule has 1 N–H and O–H groups in total. The number of rotatable bonds is 5. The number of halogens is 1. The number of hydrogen-bond acceptors (Lipinski definition) is 8. The van der Waals surface area contributed by atoms with Crippen LogP contribution in [-0.2, 0) is 19.5 Å². The van der Waals surface area contributed by atoms with Crippen molar-refractivity contribution in [1.82, 2.24) is 0 Å². The van der Waals surface area contributed by atoms with Crippen LogP contribution >= 0.6 is 11.6 Å².